The Balaban J connectivity index is 1.81. The zero-order chi connectivity index (χ0) is 20.3. The van der Waals surface area contributed by atoms with E-state index >= 15 is 0 Å². The molecule has 0 aliphatic rings. The molecule has 3 heterocycles. The number of aryl methyl sites for hydroxylation is 3. The van der Waals surface area contributed by atoms with Crippen LogP contribution >= 0.6 is 0 Å². The second-order valence-corrected chi connectivity index (χ2v) is 7.34. The van der Waals surface area contributed by atoms with Crippen molar-refractivity contribution in [1.82, 2.24) is 23.1 Å². The Labute approximate surface area is 166 Å². The molecule has 0 bridgehead atoms. The molecule has 0 unspecified atom stereocenters. The average molecular weight is 387 g/mol. The summed E-state index contributed by atoms with van der Waals surface area (Å²) in [5.74, 6) is 0.676. The van der Waals surface area contributed by atoms with Gasteiger partial charge < -0.3 is 4.57 Å². The molecular weight excluding hydrogens is 366 g/mol. The van der Waals surface area contributed by atoms with Crippen molar-refractivity contribution in [2.75, 3.05) is 0 Å². The molecule has 146 valence electrons. The largest absolute Gasteiger partial charge is 0.332 e. The third-order valence-corrected chi connectivity index (χ3v) is 5.67. The van der Waals surface area contributed by atoms with E-state index in [9.17, 15) is 9.59 Å². The number of benzene rings is 2. The number of aromatic nitrogens is 5. The zero-order valence-electron chi connectivity index (χ0n) is 16.6. The van der Waals surface area contributed by atoms with Gasteiger partial charge in [-0.2, -0.15) is 4.98 Å². The first-order valence-electron chi connectivity index (χ1n) is 9.65. The van der Waals surface area contributed by atoms with Crippen molar-refractivity contribution >= 4 is 27.7 Å². The van der Waals surface area contributed by atoms with Crippen LogP contribution < -0.4 is 11.2 Å². The van der Waals surface area contributed by atoms with Crippen LogP contribution in [0.25, 0.3) is 27.7 Å². The van der Waals surface area contributed by atoms with E-state index in [2.05, 4.69) is 4.98 Å². The standard InChI is InChI=1S/C22H21N5O2/c1-4-25-14(2)12-26-18-19(23-21(25)26)24(3)22(29)27(20(18)28)13-16-10-7-9-15-8-5-6-11-17(15)16/h5-12H,4,13H2,1-3H3. The topological polar surface area (TPSA) is 66.2 Å². The predicted molar refractivity (Wildman–Crippen MR) is 114 cm³/mol. The number of fused-ring (bicyclic) bond motifs is 4. The van der Waals surface area contributed by atoms with Crippen LogP contribution in [0.15, 0.2) is 58.3 Å². The molecule has 5 rings (SSSR count). The van der Waals surface area contributed by atoms with Gasteiger partial charge in [-0.1, -0.05) is 42.5 Å². The predicted octanol–water partition coefficient (Wildman–Crippen LogP) is 2.68. The first-order valence-corrected chi connectivity index (χ1v) is 9.65. The van der Waals surface area contributed by atoms with Gasteiger partial charge in [-0.05, 0) is 30.2 Å². The van der Waals surface area contributed by atoms with Gasteiger partial charge in [0.05, 0.1) is 6.54 Å². The van der Waals surface area contributed by atoms with Crippen molar-refractivity contribution in [3.8, 4) is 0 Å². The molecule has 0 aliphatic heterocycles. The molecule has 0 fully saturated rings. The zero-order valence-corrected chi connectivity index (χ0v) is 16.6. The van der Waals surface area contributed by atoms with E-state index in [4.69, 9.17) is 0 Å². The van der Waals surface area contributed by atoms with E-state index in [1.54, 1.807) is 11.4 Å². The lowest BCUT2D eigenvalue weighted by Gasteiger charge is -2.10. The summed E-state index contributed by atoms with van der Waals surface area (Å²) in [5, 5.41) is 2.12. The molecule has 5 aromatic rings. The quantitative estimate of drug-likeness (QED) is 0.478. The SMILES string of the molecule is CCn1c(C)cn2c3c(=O)n(Cc4cccc5ccccc45)c(=O)n(C)c3nc12. The summed E-state index contributed by atoms with van der Waals surface area (Å²) in [4.78, 5) is 31.0. The Morgan fingerprint density at radius 2 is 1.76 bits per heavy atom. The smallest absolute Gasteiger partial charge is 0.314 e. The minimum Gasteiger partial charge on any atom is -0.314 e. The summed E-state index contributed by atoms with van der Waals surface area (Å²) in [7, 11) is 1.67. The molecule has 2 aromatic carbocycles. The summed E-state index contributed by atoms with van der Waals surface area (Å²) in [6, 6.07) is 13.9. The molecule has 3 aromatic heterocycles. The fraction of sp³-hybridized carbons (Fsp3) is 0.227. The summed E-state index contributed by atoms with van der Waals surface area (Å²) in [5.41, 5.74) is 2.10. The van der Waals surface area contributed by atoms with Crippen molar-refractivity contribution in [3.63, 3.8) is 0 Å². The highest BCUT2D eigenvalue weighted by Gasteiger charge is 2.20. The van der Waals surface area contributed by atoms with Gasteiger partial charge in [-0.15, -0.1) is 0 Å². The minimum absolute atomic E-state index is 0.212. The van der Waals surface area contributed by atoms with Crippen molar-refractivity contribution in [2.24, 2.45) is 7.05 Å². The molecule has 7 heteroatoms. The molecule has 0 saturated heterocycles. The lowest BCUT2D eigenvalue weighted by Crippen LogP contribution is -2.39. The summed E-state index contributed by atoms with van der Waals surface area (Å²) in [6.07, 6.45) is 1.91. The van der Waals surface area contributed by atoms with Gasteiger partial charge in [-0.3, -0.25) is 18.3 Å². The van der Waals surface area contributed by atoms with E-state index in [1.165, 1.54) is 9.13 Å². The van der Waals surface area contributed by atoms with Crippen molar-refractivity contribution in [3.05, 3.63) is 80.8 Å². The Kier molecular flexibility index (Phi) is 3.74. The van der Waals surface area contributed by atoms with Crippen LogP contribution in [0.1, 0.15) is 18.2 Å². The van der Waals surface area contributed by atoms with Gasteiger partial charge in [0, 0.05) is 25.5 Å². The van der Waals surface area contributed by atoms with Gasteiger partial charge in [0.2, 0.25) is 5.78 Å². The van der Waals surface area contributed by atoms with Crippen LogP contribution in [-0.4, -0.2) is 23.1 Å². The highest BCUT2D eigenvalue weighted by Crippen LogP contribution is 2.20. The van der Waals surface area contributed by atoms with Gasteiger partial charge in [0.1, 0.15) is 0 Å². The van der Waals surface area contributed by atoms with Gasteiger partial charge in [-0.25, -0.2) is 4.79 Å². The van der Waals surface area contributed by atoms with Crippen molar-refractivity contribution < 1.29 is 0 Å². The maximum absolute atomic E-state index is 13.4. The first kappa shape index (κ1) is 17.5. The third-order valence-electron chi connectivity index (χ3n) is 5.67. The van der Waals surface area contributed by atoms with Gasteiger partial charge in [0.15, 0.2) is 11.2 Å². The second-order valence-electron chi connectivity index (χ2n) is 7.34. The van der Waals surface area contributed by atoms with Crippen LogP contribution in [0, 0.1) is 6.92 Å². The highest BCUT2D eigenvalue weighted by atomic mass is 16.2. The van der Waals surface area contributed by atoms with Crippen molar-refractivity contribution in [2.45, 2.75) is 26.9 Å². The van der Waals surface area contributed by atoms with Crippen molar-refractivity contribution in [1.29, 1.82) is 0 Å². The molecule has 0 atom stereocenters. The fourth-order valence-corrected chi connectivity index (χ4v) is 4.19. The highest BCUT2D eigenvalue weighted by molar-refractivity contribution is 5.85. The first-order chi connectivity index (χ1) is 14.0. The van der Waals surface area contributed by atoms with E-state index in [-0.39, 0.29) is 17.8 Å². The molecule has 0 radical (unpaired) electrons. The van der Waals surface area contributed by atoms with E-state index in [0.29, 0.717) is 16.9 Å². The van der Waals surface area contributed by atoms with E-state index in [1.807, 2.05) is 67.1 Å². The number of rotatable bonds is 3. The van der Waals surface area contributed by atoms with Crippen LogP contribution in [0.5, 0.6) is 0 Å². The second kappa shape index (κ2) is 6.20. The minimum atomic E-state index is -0.365. The monoisotopic (exact) mass is 387 g/mol. The number of imidazole rings is 2. The molecule has 29 heavy (non-hydrogen) atoms. The number of hydrogen-bond donors (Lipinski definition) is 0. The summed E-state index contributed by atoms with van der Waals surface area (Å²) >= 11 is 0. The van der Waals surface area contributed by atoms with Gasteiger partial charge in [0.25, 0.3) is 5.56 Å². The molecule has 7 nitrogen and oxygen atoms in total. The number of hydrogen-bond acceptors (Lipinski definition) is 3. The van der Waals surface area contributed by atoms with Gasteiger partial charge >= 0.3 is 5.69 Å². The van der Waals surface area contributed by atoms with Crippen LogP contribution in [0.2, 0.25) is 0 Å². The number of nitrogens with zero attached hydrogens (tertiary/aromatic N) is 5. The Bertz CT molecular complexity index is 1530. The maximum atomic E-state index is 13.4. The Morgan fingerprint density at radius 3 is 2.55 bits per heavy atom. The summed E-state index contributed by atoms with van der Waals surface area (Å²) < 4.78 is 6.59. The third kappa shape index (κ3) is 2.40. The molecular formula is C22H21N5O2. The van der Waals surface area contributed by atoms with E-state index < -0.39 is 0 Å². The molecule has 0 N–H and O–H groups in total. The van der Waals surface area contributed by atoms with Crippen LogP contribution in [0.4, 0.5) is 0 Å². The molecule has 0 saturated carbocycles. The average Bonchev–Trinajstić information content (AvgIpc) is 3.24. The molecule has 0 spiro atoms. The Hall–Kier alpha value is -3.61. The molecule has 0 amide bonds. The maximum Gasteiger partial charge on any atom is 0.332 e. The normalized spacial score (nSPS) is 11.8. The van der Waals surface area contributed by atoms with Crippen LogP contribution in [-0.2, 0) is 20.1 Å². The summed E-state index contributed by atoms with van der Waals surface area (Å²) in [6.45, 7) is 4.97. The molecule has 0 aliphatic carbocycles. The lowest BCUT2D eigenvalue weighted by molar-refractivity contribution is 0.658. The lowest BCUT2D eigenvalue weighted by atomic mass is 10.0. The Morgan fingerprint density at radius 1 is 1.00 bits per heavy atom. The van der Waals surface area contributed by atoms with Crippen LogP contribution in [0.3, 0.4) is 0 Å². The fourth-order valence-electron chi connectivity index (χ4n) is 4.19. The van der Waals surface area contributed by atoms with E-state index in [0.717, 1.165) is 28.6 Å².